The van der Waals surface area contributed by atoms with Gasteiger partial charge < -0.3 is 20.2 Å². The van der Waals surface area contributed by atoms with E-state index in [9.17, 15) is 5.11 Å². The summed E-state index contributed by atoms with van der Waals surface area (Å²) < 4.78 is 0. The van der Waals surface area contributed by atoms with E-state index in [1.807, 2.05) is 18.2 Å². The van der Waals surface area contributed by atoms with Crippen LogP contribution in [0.2, 0.25) is 0 Å². The zero-order valence-corrected chi connectivity index (χ0v) is 16.0. The number of phenols is 1. The van der Waals surface area contributed by atoms with Crippen LogP contribution in [0.25, 0.3) is 0 Å². The molecular weight excluding hydrogens is 312 g/mol. The zero-order chi connectivity index (χ0) is 18.1. The van der Waals surface area contributed by atoms with Crippen LogP contribution in [0.15, 0.2) is 29.3 Å². The van der Waals surface area contributed by atoms with E-state index in [-0.39, 0.29) is 0 Å². The summed E-state index contributed by atoms with van der Waals surface area (Å²) in [4.78, 5) is 9.73. The molecule has 1 fully saturated rings. The van der Waals surface area contributed by atoms with E-state index in [4.69, 9.17) is 4.99 Å². The molecule has 0 aromatic heterocycles. The van der Waals surface area contributed by atoms with Gasteiger partial charge in [0.1, 0.15) is 5.75 Å². The summed E-state index contributed by atoms with van der Waals surface area (Å²) >= 11 is 0. The van der Waals surface area contributed by atoms with Crippen LogP contribution in [-0.2, 0) is 6.42 Å². The van der Waals surface area contributed by atoms with Gasteiger partial charge in [-0.2, -0.15) is 0 Å². The number of rotatable bonds is 8. The van der Waals surface area contributed by atoms with Crippen molar-refractivity contribution in [3.05, 3.63) is 29.8 Å². The summed E-state index contributed by atoms with van der Waals surface area (Å²) in [6.07, 6.45) is 2.09. The van der Waals surface area contributed by atoms with Crippen molar-refractivity contribution >= 4 is 5.96 Å². The van der Waals surface area contributed by atoms with Gasteiger partial charge in [0.15, 0.2) is 5.96 Å². The number of likely N-dealkylation sites (tertiary alicyclic amines) is 1. The lowest BCUT2D eigenvalue weighted by Gasteiger charge is -2.24. The molecule has 1 saturated heterocycles. The molecule has 0 saturated carbocycles. The fraction of sp³-hybridized carbons (Fsp3) is 0.650. The lowest BCUT2D eigenvalue weighted by Crippen LogP contribution is -2.41. The first-order chi connectivity index (χ1) is 12.2. The Labute approximate surface area is 152 Å². The molecule has 1 atom stereocenters. The molecule has 5 heteroatoms. The minimum Gasteiger partial charge on any atom is -0.508 e. The molecule has 2 N–H and O–H groups in total. The number of hydrogen-bond donors (Lipinski definition) is 2. The van der Waals surface area contributed by atoms with Crippen molar-refractivity contribution in [2.45, 2.75) is 33.6 Å². The second kappa shape index (κ2) is 10.3. The van der Waals surface area contributed by atoms with Crippen LogP contribution in [0.1, 0.15) is 32.8 Å². The maximum absolute atomic E-state index is 9.56. The minimum atomic E-state index is 0.326. The van der Waals surface area contributed by atoms with E-state index in [1.165, 1.54) is 13.0 Å². The second-order valence-corrected chi connectivity index (χ2v) is 6.74. The number of nitrogens with one attached hydrogen (secondary N) is 1. The molecule has 0 radical (unpaired) electrons. The lowest BCUT2D eigenvalue weighted by atomic mass is 10.1. The predicted octanol–water partition coefficient (Wildman–Crippen LogP) is 2.56. The van der Waals surface area contributed by atoms with Gasteiger partial charge in [-0.25, -0.2) is 0 Å². The molecule has 1 aromatic carbocycles. The molecule has 0 aliphatic carbocycles. The number of nitrogens with zero attached hydrogens (tertiary/aromatic N) is 3. The quantitative estimate of drug-likeness (QED) is 0.561. The maximum Gasteiger partial charge on any atom is 0.193 e. The summed E-state index contributed by atoms with van der Waals surface area (Å²) in [5.41, 5.74) is 1.13. The number of benzene rings is 1. The SMILES string of the molecule is CCNC(=NCCc1cccc(O)c1)N1CCC(CN(CC)CC)C1. The van der Waals surface area contributed by atoms with E-state index in [1.54, 1.807) is 6.07 Å². The highest BCUT2D eigenvalue weighted by molar-refractivity contribution is 5.80. The summed E-state index contributed by atoms with van der Waals surface area (Å²) in [5.74, 6) is 2.09. The summed E-state index contributed by atoms with van der Waals surface area (Å²) in [5, 5.41) is 13.0. The Kier molecular flexibility index (Phi) is 8.06. The molecule has 0 spiro atoms. The van der Waals surface area contributed by atoms with Crippen molar-refractivity contribution < 1.29 is 5.11 Å². The topological polar surface area (TPSA) is 51.1 Å². The van der Waals surface area contributed by atoms with Gasteiger partial charge in [0.2, 0.25) is 0 Å². The molecule has 25 heavy (non-hydrogen) atoms. The fourth-order valence-corrected chi connectivity index (χ4v) is 3.45. The molecule has 5 nitrogen and oxygen atoms in total. The number of hydrogen-bond acceptors (Lipinski definition) is 3. The lowest BCUT2D eigenvalue weighted by molar-refractivity contribution is 0.255. The van der Waals surface area contributed by atoms with E-state index in [0.29, 0.717) is 5.75 Å². The van der Waals surface area contributed by atoms with Crippen LogP contribution in [0, 0.1) is 5.92 Å². The number of guanidine groups is 1. The van der Waals surface area contributed by atoms with Crippen LogP contribution in [0.3, 0.4) is 0 Å². The zero-order valence-electron chi connectivity index (χ0n) is 16.0. The van der Waals surface area contributed by atoms with Crippen molar-refractivity contribution in [2.24, 2.45) is 10.9 Å². The average molecular weight is 347 g/mol. The number of phenolic OH excluding ortho intramolecular Hbond substituents is 1. The van der Waals surface area contributed by atoms with Crippen molar-refractivity contribution in [3.8, 4) is 5.75 Å². The Bertz CT molecular complexity index is 542. The van der Waals surface area contributed by atoms with E-state index in [0.717, 1.165) is 63.1 Å². The van der Waals surface area contributed by atoms with E-state index >= 15 is 0 Å². The number of aliphatic imine (C=N–C) groups is 1. The van der Waals surface area contributed by atoms with Gasteiger partial charge in [0, 0.05) is 32.7 Å². The Hall–Kier alpha value is -1.75. The second-order valence-electron chi connectivity index (χ2n) is 6.74. The first kappa shape index (κ1) is 19.6. The Morgan fingerprint density at radius 2 is 2.12 bits per heavy atom. The van der Waals surface area contributed by atoms with Crippen LogP contribution >= 0.6 is 0 Å². The molecular formula is C20H34N4O. The molecule has 1 aliphatic rings. The standard InChI is InChI=1S/C20H34N4O/c1-4-21-20(22-12-10-17-8-7-9-19(25)14-17)24-13-11-18(16-24)15-23(5-2)6-3/h7-9,14,18,25H,4-6,10-13,15-16H2,1-3H3,(H,21,22). The Balaban J connectivity index is 1.89. The van der Waals surface area contributed by atoms with Crippen LogP contribution in [0.4, 0.5) is 0 Å². The van der Waals surface area contributed by atoms with Gasteiger partial charge in [-0.05, 0) is 56.5 Å². The number of aromatic hydroxyl groups is 1. The highest BCUT2D eigenvalue weighted by Crippen LogP contribution is 2.18. The highest BCUT2D eigenvalue weighted by Gasteiger charge is 2.25. The van der Waals surface area contributed by atoms with Gasteiger partial charge in [-0.15, -0.1) is 0 Å². The summed E-state index contributed by atoms with van der Waals surface area (Å²) in [7, 11) is 0. The van der Waals surface area contributed by atoms with Crippen molar-refractivity contribution in [1.29, 1.82) is 0 Å². The summed E-state index contributed by atoms with van der Waals surface area (Å²) in [6, 6.07) is 7.45. The smallest absolute Gasteiger partial charge is 0.193 e. The first-order valence-corrected chi connectivity index (χ1v) is 9.69. The summed E-state index contributed by atoms with van der Waals surface area (Å²) in [6.45, 7) is 13.9. The van der Waals surface area contributed by atoms with Gasteiger partial charge in [0.05, 0.1) is 0 Å². The van der Waals surface area contributed by atoms with Gasteiger partial charge >= 0.3 is 0 Å². The molecule has 1 heterocycles. The normalized spacial score (nSPS) is 18.2. The molecule has 0 amide bonds. The van der Waals surface area contributed by atoms with E-state index < -0.39 is 0 Å². The third-order valence-electron chi connectivity index (χ3n) is 4.90. The monoisotopic (exact) mass is 346 g/mol. The molecule has 0 bridgehead atoms. The van der Waals surface area contributed by atoms with Crippen molar-refractivity contribution in [1.82, 2.24) is 15.1 Å². The Morgan fingerprint density at radius 3 is 2.80 bits per heavy atom. The molecule has 1 aliphatic heterocycles. The van der Waals surface area contributed by atoms with Gasteiger partial charge in [0.25, 0.3) is 0 Å². The van der Waals surface area contributed by atoms with Crippen molar-refractivity contribution in [2.75, 3.05) is 45.8 Å². The van der Waals surface area contributed by atoms with E-state index in [2.05, 4.69) is 35.9 Å². The Morgan fingerprint density at radius 1 is 1.32 bits per heavy atom. The maximum atomic E-state index is 9.56. The minimum absolute atomic E-state index is 0.326. The molecule has 1 unspecified atom stereocenters. The van der Waals surface area contributed by atoms with Gasteiger partial charge in [-0.1, -0.05) is 26.0 Å². The first-order valence-electron chi connectivity index (χ1n) is 9.69. The molecule has 2 rings (SSSR count). The van der Waals surface area contributed by atoms with Gasteiger partial charge in [-0.3, -0.25) is 4.99 Å². The van der Waals surface area contributed by atoms with Crippen molar-refractivity contribution in [3.63, 3.8) is 0 Å². The molecule has 1 aromatic rings. The fourth-order valence-electron chi connectivity index (χ4n) is 3.45. The van der Waals surface area contributed by atoms with Crippen LogP contribution < -0.4 is 5.32 Å². The predicted molar refractivity (Wildman–Crippen MR) is 105 cm³/mol. The van der Waals surface area contributed by atoms with Crippen LogP contribution in [0.5, 0.6) is 5.75 Å². The largest absolute Gasteiger partial charge is 0.508 e. The highest BCUT2D eigenvalue weighted by atomic mass is 16.3. The molecule has 140 valence electrons. The van der Waals surface area contributed by atoms with Crippen LogP contribution in [-0.4, -0.2) is 66.7 Å². The third kappa shape index (κ3) is 6.24. The third-order valence-corrected chi connectivity index (χ3v) is 4.90. The average Bonchev–Trinajstić information content (AvgIpc) is 3.07.